The summed E-state index contributed by atoms with van der Waals surface area (Å²) in [4.78, 5) is 8.84. The van der Waals surface area contributed by atoms with Crippen molar-refractivity contribution in [1.29, 1.82) is 0 Å². The molecule has 0 aliphatic rings. The van der Waals surface area contributed by atoms with Gasteiger partial charge in [-0.25, -0.2) is 9.36 Å². The van der Waals surface area contributed by atoms with E-state index in [0.717, 1.165) is 17.3 Å². The number of hydrogen-bond donors (Lipinski definition) is 1. The lowest BCUT2D eigenvalue weighted by molar-refractivity contribution is 0.765. The average molecular weight is 334 g/mol. The molecule has 3 aromatic heterocycles. The second-order valence-corrected chi connectivity index (χ2v) is 4.84. The zero-order chi connectivity index (χ0) is 13.9. The van der Waals surface area contributed by atoms with E-state index in [4.69, 9.17) is 5.73 Å². The molecule has 3 aromatic rings. The molecule has 20 heavy (non-hydrogen) atoms. The van der Waals surface area contributed by atoms with Gasteiger partial charge in [0.25, 0.3) is 5.95 Å². The molecule has 0 radical (unpaired) electrons. The van der Waals surface area contributed by atoms with Gasteiger partial charge in [-0.2, -0.15) is 20.2 Å². The van der Waals surface area contributed by atoms with Gasteiger partial charge in [0.2, 0.25) is 0 Å². The van der Waals surface area contributed by atoms with Crippen molar-refractivity contribution in [3.8, 4) is 11.8 Å². The normalized spacial score (nSPS) is 10.8. The summed E-state index contributed by atoms with van der Waals surface area (Å²) in [7, 11) is 0. The predicted molar refractivity (Wildman–Crippen MR) is 78.2 cm³/mol. The first kappa shape index (κ1) is 12.8. The van der Waals surface area contributed by atoms with Gasteiger partial charge in [-0.1, -0.05) is 15.9 Å². The molecule has 0 aliphatic heterocycles. The molecule has 102 valence electrons. The number of halogens is 1. The number of aromatic nitrogens is 6. The van der Waals surface area contributed by atoms with Gasteiger partial charge in [-0.05, 0) is 18.6 Å². The van der Waals surface area contributed by atoms with Crippen molar-refractivity contribution in [3.63, 3.8) is 0 Å². The Bertz CT molecular complexity index is 691. The second kappa shape index (κ2) is 5.41. The van der Waals surface area contributed by atoms with Crippen LogP contribution < -0.4 is 5.73 Å². The van der Waals surface area contributed by atoms with Gasteiger partial charge in [-0.3, -0.25) is 0 Å². The van der Waals surface area contributed by atoms with Crippen LogP contribution in [0.15, 0.2) is 36.9 Å². The molecule has 8 heteroatoms. The maximum Gasteiger partial charge on any atom is 0.254 e. The molecule has 3 heterocycles. The van der Waals surface area contributed by atoms with Crippen molar-refractivity contribution >= 4 is 21.7 Å². The molecule has 0 aromatic carbocycles. The minimum atomic E-state index is 0.427. The van der Waals surface area contributed by atoms with Crippen molar-refractivity contribution < 1.29 is 0 Å². The van der Waals surface area contributed by atoms with Gasteiger partial charge >= 0.3 is 0 Å². The molecular weight excluding hydrogens is 322 g/mol. The smallest absolute Gasteiger partial charge is 0.254 e. The topological polar surface area (TPSA) is 87.4 Å². The van der Waals surface area contributed by atoms with Crippen molar-refractivity contribution in [2.24, 2.45) is 0 Å². The predicted octanol–water partition coefficient (Wildman–Crippen LogP) is 1.37. The highest BCUT2D eigenvalue weighted by Crippen LogP contribution is 2.20. The second-order valence-electron chi connectivity index (χ2n) is 4.05. The highest BCUT2D eigenvalue weighted by Gasteiger charge is 2.15. The molecule has 0 saturated carbocycles. The third-order valence-corrected chi connectivity index (χ3v) is 3.18. The number of anilines is 1. The number of nitrogens with two attached hydrogens (primary N) is 1. The highest BCUT2D eigenvalue weighted by molar-refractivity contribution is 9.09. The lowest BCUT2D eigenvalue weighted by atomic mass is 10.2. The van der Waals surface area contributed by atoms with E-state index in [-0.39, 0.29) is 0 Å². The average Bonchev–Trinajstić information content (AvgIpc) is 3.14. The SMILES string of the molecule is Nc1nc(-n2cccn2)nc(-n2cccn2)c1CCBr. The summed E-state index contributed by atoms with van der Waals surface area (Å²) in [5, 5.41) is 9.12. The first-order chi connectivity index (χ1) is 9.79. The first-order valence-electron chi connectivity index (χ1n) is 6.02. The van der Waals surface area contributed by atoms with E-state index in [1.165, 1.54) is 0 Å². The lowest BCUT2D eigenvalue weighted by Crippen LogP contribution is -2.13. The Morgan fingerprint density at radius 3 is 2.35 bits per heavy atom. The Morgan fingerprint density at radius 1 is 1.05 bits per heavy atom. The fourth-order valence-electron chi connectivity index (χ4n) is 1.88. The quantitative estimate of drug-likeness (QED) is 0.728. The number of rotatable bonds is 4. The summed E-state index contributed by atoms with van der Waals surface area (Å²) in [5.74, 6) is 1.54. The third-order valence-electron chi connectivity index (χ3n) is 2.78. The minimum Gasteiger partial charge on any atom is -0.383 e. The molecule has 0 spiro atoms. The number of hydrogen-bond acceptors (Lipinski definition) is 5. The van der Waals surface area contributed by atoms with E-state index in [0.29, 0.717) is 17.6 Å². The van der Waals surface area contributed by atoms with Crippen LogP contribution in [-0.4, -0.2) is 34.9 Å². The van der Waals surface area contributed by atoms with E-state index in [2.05, 4.69) is 36.1 Å². The summed E-state index contributed by atoms with van der Waals surface area (Å²) >= 11 is 3.42. The van der Waals surface area contributed by atoms with E-state index in [9.17, 15) is 0 Å². The highest BCUT2D eigenvalue weighted by atomic mass is 79.9. The standard InChI is InChI=1S/C12H12BrN7/c13-4-3-9-10(14)17-12(20-8-2-6-16-20)18-11(9)19-7-1-5-15-19/h1-2,5-8H,3-4H2,(H2,14,17,18). The number of alkyl halides is 1. The van der Waals surface area contributed by atoms with E-state index >= 15 is 0 Å². The zero-order valence-corrected chi connectivity index (χ0v) is 12.1. The molecule has 7 nitrogen and oxygen atoms in total. The molecule has 2 N–H and O–H groups in total. The van der Waals surface area contributed by atoms with E-state index in [1.54, 1.807) is 34.0 Å². The van der Waals surface area contributed by atoms with Gasteiger partial charge in [-0.15, -0.1) is 0 Å². The molecule has 0 bridgehead atoms. The molecule has 0 fully saturated rings. The zero-order valence-electron chi connectivity index (χ0n) is 10.5. The first-order valence-corrected chi connectivity index (χ1v) is 7.14. The molecule has 0 unspecified atom stereocenters. The van der Waals surface area contributed by atoms with Crippen LogP contribution in [0.5, 0.6) is 0 Å². The van der Waals surface area contributed by atoms with Crippen molar-refractivity contribution in [2.45, 2.75) is 6.42 Å². The Kier molecular flexibility index (Phi) is 3.46. The van der Waals surface area contributed by atoms with Crippen LogP contribution in [0.2, 0.25) is 0 Å². The van der Waals surface area contributed by atoms with Crippen molar-refractivity contribution in [2.75, 3.05) is 11.1 Å². The largest absolute Gasteiger partial charge is 0.383 e. The maximum absolute atomic E-state index is 6.07. The van der Waals surface area contributed by atoms with Crippen LogP contribution in [0.25, 0.3) is 11.8 Å². The number of nitrogen functional groups attached to an aromatic ring is 1. The molecule has 0 saturated heterocycles. The van der Waals surface area contributed by atoms with E-state index in [1.807, 2.05) is 12.3 Å². The Balaban J connectivity index is 2.18. The van der Waals surface area contributed by atoms with Gasteiger partial charge in [0.1, 0.15) is 5.82 Å². The van der Waals surface area contributed by atoms with Crippen LogP contribution in [-0.2, 0) is 6.42 Å². The summed E-state index contributed by atoms with van der Waals surface area (Å²) in [6.45, 7) is 0. The fraction of sp³-hybridized carbons (Fsp3) is 0.167. The number of nitrogens with zero attached hydrogens (tertiary/aromatic N) is 6. The van der Waals surface area contributed by atoms with Gasteiger partial charge < -0.3 is 5.73 Å². The van der Waals surface area contributed by atoms with E-state index < -0.39 is 0 Å². The summed E-state index contributed by atoms with van der Waals surface area (Å²) in [6, 6.07) is 3.64. The Labute approximate surface area is 123 Å². The maximum atomic E-state index is 6.07. The molecular formula is C12H12BrN7. The molecule has 3 rings (SSSR count). The fourth-order valence-corrected chi connectivity index (χ4v) is 2.28. The molecule has 0 atom stereocenters. The van der Waals surface area contributed by atoms with Gasteiger partial charge in [0.15, 0.2) is 5.82 Å². The minimum absolute atomic E-state index is 0.427. The van der Waals surface area contributed by atoms with Crippen LogP contribution >= 0.6 is 15.9 Å². The Hall–Kier alpha value is -2.22. The summed E-state index contributed by atoms with van der Waals surface area (Å²) in [5.41, 5.74) is 6.93. The summed E-state index contributed by atoms with van der Waals surface area (Å²) < 4.78 is 3.25. The van der Waals surface area contributed by atoms with Gasteiger partial charge in [0, 0.05) is 35.7 Å². The van der Waals surface area contributed by atoms with Crippen molar-refractivity contribution in [3.05, 3.63) is 42.5 Å². The monoisotopic (exact) mass is 333 g/mol. The van der Waals surface area contributed by atoms with Crippen LogP contribution in [0.4, 0.5) is 5.82 Å². The Morgan fingerprint density at radius 2 is 1.75 bits per heavy atom. The van der Waals surface area contributed by atoms with Crippen LogP contribution in [0.3, 0.4) is 0 Å². The molecule has 0 amide bonds. The molecule has 0 aliphatic carbocycles. The lowest BCUT2D eigenvalue weighted by Gasteiger charge is -2.12. The summed E-state index contributed by atoms with van der Waals surface area (Å²) in [6.07, 6.45) is 7.68. The van der Waals surface area contributed by atoms with Crippen molar-refractivity contribution in [1.82, 2.24) is 29.5 Å². The third kappa shape index (κ3) is 2.29. The van der Waals surface area contributed by atoms with Crippen LogP contribution in [0, 0.1) is 0 Å². The van der Waals surface area contributed by atoms with Gasteiger partial charge in [0.05, 0.1) is 0 Å². The van der Waals surface area contributed by atoms with Crippen LogP contribution in [0.1, 0.15) is 5.56 Å².